The molecule has 0 aliphatic rings. The summed E-state index contributed by atoms with van der Waals surface area (Å²) >= 11 is 0. The first-order chi connectivity index (χ1) is 9.71. The molecule has 1 heterocycles. The molecular weight excluding hydrogens is 256 g/mol. The molecule has 1 aromatic heterocycles. The molecule has 5 heteroatoms. The molecule has 0 saturated heterocycles. The minimum Gasteiger partial charge on any atom is -0.497 e. The first kappa shape index (κ1) is 14.1. The lowest BCUT2D eigenvalue weighted by molar-refractivity contribution is 0.102. The minimum absolute atomic E-state index is 0.101. The van der Waals surface area contributed by atoms with E-state index < -0.39 is 0 Å². The normalized spacial score (nSPS) is 10.3. The fourth-order valence-corrected chi connectivity index (χ4v) is 2.01. The Balaban J connectivity index is 2.38. The maximum atomic E-state index is 12.6. The fraction of sp³-hybridized carbons (Fsp3) is 0.333. The van der Waals surface area contributed by atoms with Crippen LogP contribution in [0.3, 0.4) is 0 Å². The minimum atomic E-state index is -0.101. The van der Waals surface area contributed by atoms with Crippen molar-refractivity contribution in [3.63, 3.8) is 0 Å². The smallest absolute Gasteiger partial charge is 0.214 e. The van der Waals surface area contributed by atoms with Gasteiger partial charge in [0.1, 0.15) is 5.75 Å². The number of nitrogens with zero attached hydrogens (tertiary/aromatic N) is 2. The Kier molecular flexibility index (Phi) is 4.40. The van der Waals surface area contributed by atoms with Gasteiger partial charge in [-0.25, -0.2) is 0 Å². The quantitative estimate of drug-likeness (QED) is 0.760. The second-order valence-corrected chi connectivity index (χ2v) is 4.34. The Hall–Kier alpha value is -2.30. The molecule has 2 aromatic rings. The highest BCUT2D eigenvalue weighted by Crippen LogP contribution is 2.22. The number of hydrogen-bond acceptors (Lipinski definition) is 4. The molecule has 0 bridgehead atoms. The molecule has 0 amide bonds. The lowest BCUT2D eigenvalue weighted by atomic mass is 10.1. The molecule has 106 valence electrons. The average molecular weight is 274 g/mol. The van der Waals surface area contributed by atoms with E-state index in [1.54, 1.807) is 42.3 Å². The zero-order valence-electron chi connectivity index (χ0n) is 11.9. The standard InChI is InChI=1S/C15H18N2O3/c1-4-9-17-14(13(20-3)10-16-17)15(18)11-5-7-12(19-2)8-6-11/h5-8,10H,4,9H2,1-3H3. The second kappa shape index (κ2) is 6.23. The third-order valence-electron chi connectivity index (χ3n) is 3.03. The van der Waals surface area contributed by atoms with Crippen LogP contribution >= 0.6 is 0 Å². The summed E-state index contributed by atoms with van der Waals surface area (Å²) < 4.78 is 12.0. The molecule has 0 aliphatic heterocycles. The van der Waals surface area contributed by atoms with Crippen molar-refractivity contribution in [3.05, 3.63) is 41.7 Å². The van der Waals surface area contributed by atoms with Crippen LogP contribution in [0.15, 0.2) is 30.5 Å². The predicted octanol–water partition coefficient (Wildman–Crippen LogP) is 2.54. The molecule has 1 aromatic carbocycles. The molecule has 5 nitrogen and oxygen atoms in total. The van der Waals surface area contributed by atoms with Gasteiger partial charge in [0.25, 0.3) is 0 Å². The van der Waals surface area contributed by atoms with Crippen LogP contribution in [0.2, 0.25) is 0 Å². The predicted molar refractivity (Wildman–Crippen MR) is 75.5 cm³/mol. The van der Waals surface area contributed by atoms with Crippen molar-refractivity contribution < 1.29 is 14.3 Å². The molecule has 0 saturated carbocycles. The number of carbonyl (C=O) groups excluding carboxylic acids is 1. The van der Waals surface area contributed by atoms with E-state index in [2.05, 4.69) is 5.10 Å². The number of aromatic nitrogens is 2. The van der Waals surface area contributed by atoms with E-state index in [1.165, 1.54) is 7.11 Å². The molecule has 0 fully saturated rings. The molecule has 0 aliphatic carbocycles. The van der Waals surface area contributed by atoms with Crippen molar-refractivity contribution in [1.29, 1.82) is 0 Å². The SMILES string of the molecule is CCCn1ncc(OC)c1C(=O)c1ccc(OC)cc1. The third kappa shape index (κ3) is 2.66. The molecule has 2 rings (SSSR count). The first-order valence-electron chi connectivity index (χ1n) is 6.49. The average Bonchev–Trinajstić information content (AvgIpc) is 2.90. The molecule has 0 N–H and O–H groups in total. The van der Waals surface area contributed by atoms with Crippen molar-refractivity contribution in [2.75, 3.05) is 14.2 Å². The van der Waals surface area contributed by atoms with Crippen LogP contribution in [0.25, 0.3) is 0 Å². The summed E-state index contributed by atoms with van der Waals surface area (Å²) in [7, 11) is 3.13. The molecule has 0 spiro atoms. The summed E-state index contributed by atoms with van der Waals surface area (Å²) in [5.74, 6) is 1.12. The Morgan fingerprint density at radius 1 is 1.20 bits per heavy atom. The van der Waals surface area contributed by atoms with Crippen LogP contribution in [0.5, 0.6) is 11.5 Å². The van der Waals surface area contributed by atoms with E-state index in [4.69, 9.17) is 9.47 Å². The number of hydrogen-bond donors (Lipinski definition) is 0. The number of benzene rings is 1. The maximum Gasteiger partial charge on any atom is 0.214 e. The number of ether oxygens (including phenoxy) is 2. The summed E-state index contributed by atoms with van der Waals surface area (Å²) in [5.41, 5.74) is 1.07. The van der Waals surface area contributed by atoms with Gasteiger partial charge >= 0.3 is 0 Å². The summed E-state index contributed by atoms with van der Waals surface area (Å²) in [6, 6.07) is 7.01. The van der Waals surface area contributed by atoms with Crippen LogP contribution < -0.4 is 9.47 Å². The Bertz CT molecular complexity index is 588. The van der Waals surface area contributed by atoms with Crippen LogP contribution in [-0.2, 0) is 6.54 Å². The fourth-order valence-electron chi connectivity index (χ4n) is 2.01. The van der Waals surface area contributed by atoms with Crippen molar-refractivity contribution in [2.45, 2.75) is 19.9 Å². The Morgan fingerprint density at radius 2 is 1.90 bits per heavy atom. The molecule has 0 atom stereocenters. The molecular formula is C15H18N2O3. The van der Waals surface area contributed by atoms with E-state index in [1.807, 2.05) is 6.92 Å². The van der Waals surface area contributed by atoms with Gasteiger partial charge in [-0.3, -0.25) is 9.48 Å². The molecule has 20 heavy (non-hydrogen) atoms. The Morgan fingerprint density at radius 3 is 2.45 bits per heavy atom. The highest BCUT2D eigenvalue weighted by Gasteiger charge is 2.20. The van der Waals surface area contributed by atoms with E-state index in [-0.39, 0.29) is 5.78 Å². The van der Waals surface area contributed by atoms with Crippen LogP contribution in [-0.4, -0.2) is 29.8 Å². The number of carbonyl (C=O) groups is 1. The first-order valence-corrected chi connectivity index (χ1v) is 6.49. The van der Waals surface area contributed by atoms with Gasteiger partial charge in [-0.15, -0.1) is 0 Å². The maximum absolute atomic E-state index is 12.6. The van der Waals surface area contributed by atoms with Gasteiger partial charge in [0.2, 0.25) is 5.78 Å². The van der Waals surface area contributed by atoms with E-state index in [9.17, 15) is 4.79 Å². The monoisotopic (exact) mass is 274 g/mol. The highest BCUT2D eigenvalue weighted by molar-refractivity contribution is 6.09. The van der Waals surface area contributed by atoms with Crippen LogP contribution in [0.1, 0.15) is 29.4 Å². The van der Waals surface area contributed by atoms with Gasteiger partial charge < -0.3 is 9.47 Å². The lowest BCUT2D eigenvalue weighted by Crippen LogP contribution is -2.12. The van der Waals surface area contributed by atoms with Gasteiger partial charge in [-0.2, -0.15) is 5.10 Å². The van der Waals surface area contributed by atoms with E-state index in [0.29, 0.717) is 23.6 Å². The van der Waals surface area contributed by atoms with Crippen LogP contribution in [0.4, 0.5) is 0 Å². The zero-order valence-corrected chi connectivity index (χ0v) is 11.9. The largest absolute Gasteiger partial charge is 0.497 e. The lowest BCUT2D eigenvalue weighted by Gasteiger charge is -2.08. The van der Waals surface area contributed by atoms with Crippen molar-refractivity contribution in [1.82, 2.24) is 9.78 Å². The number of methoxy groups -OCH3 is 2. The number of aryl methyl sites for hydroxylation is 1. The van der Waals surface area contributed by atoms with Crippen molar-refractivity contribution in [2.24, 2.45) is 0 Å². The van der Waals surface area contributed by atoms with Crippen molar-refractivity contribution >= 4 is 5.78 Å². The molecule has 0 unspecified atom stereocenters. The summed E-state index contributed by atoms with van der Waals surface area (Å²) in [5, 5.41) is 4.20. The third-order valence-corrected chi connectivity index (χ3v) is 3.03. The van der Waals surface area contributed by atoms with Gasteiger partial charge in [0.05, 0.1) is 20.4 Å². The Labute approximate surface area is 118 Å². The van der Waals surface area contributed by atoms with E-state index >= 15 is 0 Å². The van der Waals surface area contributed by atoms with Gasteiger partial charge in [-0.1, -0.05) is 6.92 Å². The number of ketones is 1. The van der Waals surface area contributed by atoms with Gasteiger partial charge in [0.15, 0.2) is 11.4 Å². The van der Waals surface area contributed by atoms with Gasteiger partial charge in [0, 0.05) is 12.1 Å². The second-order valence-electron chi connectivity index (χ2n) is 4.34. The van der Waals surface area contributed by atoms with Crippen molar-refractivity contribution in [3.8, 4) is 11.5 Å². The summed E-state index contributed by atoms with van der Waals surface area (Å²) in [6.45, 7) is 2.72. The summed E-state index contributed by atoms with van der Waals surface area (Å²) in [4.78, 5) is 12.6. The van der Waals surface area contributed by atoms with E-state index in [0.717, 1.165) is 12.2 Å². The topological polar surface area (TPSA) is 53.4 Å². The number of rotatable bonds is 6. The zero-order chi connectivity index (χ0) is 14.5. The summed E-state index contributed by atoms with van der Waals surface area (Å²) in [6.07, 6.45) is 2.47. The highest BCUT2D eigenvalue weighted by atomic mass is 16.5. The molecule has 0 radical (unpaired) electrons. The van der Waals surface area contributed by atoms with Gasteiger partial charge in [-0.05, 0) is 30.7 Å². The van der Waals surface area contributed by atoms with Crippen LogP contribution in [0, 0.1) is 0 Å².